The molecule has 1 atom stereocenters. The van der Waals surface area contributed by atoms with Crippen molar-refractivity contribution in [3.05, 3.63) is 40.8 Å². The van der Waals surface area contributed by atoms with Crippen LogP contribution in [0.1, 0.15) is 38.8 Å². The third-order valence-electron chi connectivity index (χ3n) is 4.86. The van der Waals surface area contributed by atoms with Gasteiger partial charge in [-0.05, 0) is 33.8 Å². The van der Waals surface area contributed by atoms with Crippen LogP contribution in [0.5, 0.6) is 0 Å². The minimum atomic E-state index is -4.80. The van der Waals surface area contributed by atoms with Crippen LogP contribution in [-0.2, 0) is 35.5 Å². The zero-order valence-electron chi connectivity index (χ0n) is 18.2. The van der Waals surface area contributed by atoms with E-state index in [0.717, 1.165) is 24.1 Å². The number of benzene rings is 1. The summed E-state index contributed by atoms with van der Waals surface area (Å²) in [7, 11) is 1.14. The van der Waals surface area contributed by atoms with Crippen molar-refractivity contribution in [1.82, 2.24) is 5.32 Å². The van der Waals surface area contributed by atoms with E-state index < -0.39 is 53.0 Å². The number of carbonyl (C=O) groups excluding carboxylic acids is 3. The molecule has 1 aromatic carbocycles. The highest BCUT2D eigenvalue weighted by atomic mass is 19.4. The molecule has 0 aliphatic carbocycles. The first-order valence-corrected chi connectivity index (χ1v) is 9.77. The van der Waals surface area contributed by atoms with E-state index in [-0.39, 0.29) is 23.7 Å². The number of nitrogens with one attached hydrogen (secondary N) is 1. The maximum absolute atomic E-state index is 13.8. The molecule has 11 heteroatoms. The number of halogens is 3. The number of rotatable bonds is 4. The Morgan fingerprint density at radius 3 is 2.47 bits per heavy atom. The number of likely N-dealkylation sites (N-methyl/N-ethyl adjacent to an activating group) is 1. The van der Waals surface area contributed by atoms with Gasteiger partial charge in [-0.3, -0.25) is 14.9 Å². The van der Waals surface area contributed by atoms with Crippen LogP contribution in [0.15, 0.2) is 29.7 Å². The summed E-state index contributed by atoms with van der Waals surface area (Å²) in [5, 5.41) is 2.37. The lowest BCUT2D eigenvalue weighted by atomic mass is 9.81. The highest BCUT2D eigenvalue weighted by Gasteiger charge is 2.61. The number of para-hydroxylation sites is 1. The Kier molecular flexibility index (Phi) is 5.65. The van der Waals surface area contributed by atoms with E-state index in [1.807, 2.05) is 0 Å². The van der Waals surface area contributed by atoms with Crippen molar-refractivity contribution < 1.29 is 41.8 Å². The Balaban J connectivity index is 2.33. The monoisotopic (exact) mass is 456 g/mol. The molecular formula is C21H23F3N2O6. The van der Waals surface area contributed by atoms with Gasteiger partial charge in [0.15, 0.2) is 12.1 Å². The van der Waals surface area contributed by atoms with Crippen LogP contribution >= 0.6 is 0 Å². The molecule has 0 bridgehead atoms. The van der Waals surface area contributed by atoms with Gasteiger partial charge < -0.3 is 19.1 Å². The van der Waals surface area contributed by atoms with Gasteiger partial charge >= 0.3 is 12.3 Å². The smallest absolute Gasteiger partial charge is 0.418 e. The second kappa shape index (κ2) is 7.72. The highest BCUT2D eigenvalue weighted by molar-refractivity contribution is 6.18. The summed E-state index contributed by atoms with van der Waals surface area (Å²) in [5.41, 5.74) is -5.52. The van der Waals surface area contributed by atoms with Gasteiger partial charge in [-0.25, -0.2) is 4.79 Å². The van der Waals surface area contributed by atoms with E-state index in [1.165, 1.54) is 6.07 Å². The lowest BCUT2D eigenvalue weighted by molar-refractivity contribution is -0.137. The number of ether oxygens (including phenoxy) is 3. The van der Waals surface area contributed by atoms with Gasteiger partial charge in [0, 0.05) is 12.6 Å². The Morgan fingerprint density at radius 2 is 1.91 bits per heavy atom. The molecule has 0 unspecified atom stereocenters. The molecule has 2 aliphatic rings. The molecule has 32 heavy (non-hydrogen) atoms. The van der Waals surface area contributed by atoms with Crippen molar-refractivity contribution in [3.63, 3.8) is 0 Å². The molecule has 0 fully saturated rings. The number of alkyl carbamates (subject to hydrolysis) is 1. The van der Waals surface area contributed by atoms with Crippen molar-refractivity contribution in [2.45, 2.75) is 45.0 Å². The summed E-state index contributed by atoms with van der Waals surface area (Å²) in [4.78, 5) is 39.9. The molecule has 2 heterocycles. The molecule has 0 spiro atoms. The first-order chi connectivity index (χ1) is 14.7. The maximum Gasteiger partial charge on any atom is 0.418 e. The third-order valence-corrected chi connectivity index (χ3v) is 4.86. The summed E-state index contributed by atoms with van der Waals surface area (Å²) in [6.45, 7) is 5.88. The number of nitrogens with zero attached hydrogens (tertiary/aromatic N) is 1. The van der Waals surface area contributed by atoms with E-state index >= 15 is 0 Å². The Labute approximate surface area is 182 Å². The van der Waals surface area contributed by atoms with E-state index in [0.29, 0.717) is 0 Å². The average Bonchev–Trinajstić information content (AvgIpc) is 3.11. The molecule has 174 valence electrons. The Bertz CT molecular complexity index is 1010. The predicted octanol–water partition coefficient (Wildman–Crippen LogP) is 3.25. The molecule has 8 nitrogen and oxygen atoms in total. The lowest BCUT2D eigenvalue weighted by Gasteiger charge is -2.31. The average molecular weight is 456 g/mol. The first-order valence-electron chi connectivity index (χ1n) is 9.77. The van der Waals surface area contributed by atoms with Gasteiger partial charge in [-0.15, -0.1) is 0 Å². The number of alkyl halides is 3. The first kappa shape index (κ1) is 23.4. The molecule has 3 rings (SSSR count). The van der Waals surface area contributed by atoms with Gasteiger partial charge in [0.05, 0.1) is 17.9 Å². The minimum Gasteiger partial charge on any atom is -0.465 e. The number of hydrogen-bond donors (Lipinski definition) is 1. The van der Waals surface area contributed by atoms with Crippen LogP contribution in [0.3, 0.4) is 0 Å². The molecule has 1 aromatic rings. The van der Waals surface area contributed by atoms with Crippen LogP contribution in [0.4, 0.5) is 23.7 Å². The molecule has 0 saturated carbocycles. The second-order valence-electron chi connectivity index (χ2n) is 8.25. The fourth-order valence-electron chi connectivity index (χ4n) is 3.78. The van der Waals surface area contributed by atoms with Gasteiger partial charge in [0.1, 0.15) is 11.2 Å². The number of amides is 2. The van der Waals surface area contributed by atoms with Crippen LogP contribution in [0, 0.1) is 0 Å². The zero-order valence-corrected chi connectivity index (χ0v) is 18.2. The summed E-state index contributed by atoms with van der Waals surface area (Å²) in [6, 6.07) is 3.16. The van der Waals surface area contributed by atoms with Gasteiger partial charge in [0.2, 0.25) is 5.78 Å². The minimum absolute atomic E-state index is 0.0497. The van der Waals surface area contributed by atoms with Crippen molar-refractivity contribution in [1.29, 1.82) is 0 Å². The quantitative estimate of drug-likeness (QED) is 0.748. The predicted molar refractivity (Wildman–Crippen MR) is 106 cm³/mol. The standard InChI is InChI=1S/C21H23F3N2O6/c1-6-30-16-14(13(27)10-31-16)20(25-18(29)32-19(2,3)4)11-8-7-9-12(21(22,23)24)15(11)26(5)17(20)28/h7-9H,6,10H2,1-5H3,(H,25,29)/t20-/m1/s1. The van der Waals surface area contributed by atoms with Gasteiger partial charge in [-0.2, -0.15) is 13.2 Å². The summed E-state index contributed by atoms with van der Waals surface area (Å²) in [5.74, 6) is -2.03. The lowest BCUT2D eigenvalue weighted by Crippen LogP contribution is -2.56. The number of hydrogen-bond acceptors (Lipinski definition) is 6. The van der Waals surface area contributed by atoms with Crippen molar-refractivity contribution >= 4 is 23.5 Å². The SMILES string of the molecule is CCOC1=C([C@@]2(NC(=O)OC(C)(C)C)C(=O)N(C)c3c(C(F)(F)F)cccc32)C(=O)CO1. The maximum atomic E-state index is 13.8. The number of ketones is 1. The van der Waals surface area contributed by atoms with Gasteiger partial charge in [0.25, 0.3) is 11.9 Å². The van der Waals surface area contributed by atoms with Crippen molar-refractivity contribution in [3.8, 4) is 0 Å². The van der Waals surface area contributed by atoms with Crippen molar-refractivity contribution in [2.75, 3.05) is 25.2 Å². The molecule has 2 aliphatic heterocycles. The summed E-state index contributed by atoms with van der Waals surface area (Å²) < 4.78 is 57.1. The van der Waals surface area contributed by atoms with E-state index in [2.05, 4.69) is 5.32 Å². The second-order valence-corrected chi connectivity index (χ2v) is 8.25. The Morgan fingerprint density at radius 1 is 1.25 bits per heavy atom. The van der Waals surface area contributed by atoms with Crippen LogP contribution < -0.4 is 10.2 Å². The van der Waals surface area contributed by atoms with E-state index in [1.54, 1.807) is 27.7 Å². The molecule has 1 N–H and O–H groups in total. The van der Waals surface area contributed by atoms with E-state index in [4.69, 9.17) is 14.2 Å². The number of anilines is 1. The normalized spacial score (nSPS) is 20.9. The largest absolute Gasteiger partial charge is 0.465 e. The third kappa shape index (κ3) is 3.76. The summed E-state index contributed by atoms with van der Waals surface area (Å²) >= 11 is 0. The summed E-state index contributed by atoms with van der Waals surface area (Å²) in [6.07, 6.45) is -5.90. The number of Topliss-reactive ketones (excluding diaryl/α,β-unsaturated/α-hetero) is 1. The molecular weight excluding hydrogens is 433 g/mol. The Hall–Kier alpha value is -3.24. The number of carbonyl (C=O) groups is 3. The van der Waals surface area contributed by atoms with Crippen molar-refractivity contribution in [2.24, 2.45) is 0 Å². The van der Waals surface area contributed by atoms with E-state index in [9.17, 15) is 27.6 Å². The van der Waals surface area contributed by atoms with Gasteiger partial charge in [-0.1, -0.05) is 12.1 Å². The molecule has 0 radical (unpaired) electrons. The molecule has 0 aromatic heterocycles. The number of fused-ring (bicyclic) bond motifs is 1. The van der Waals surface area contributed by atoms with Crippen LogP contribution in [-0.4, -0.2) is 43.6 Å². The zero-order chi connectivity index (χ0) is 24.1. The molecule has 2 amide bonds. The highest BCUT2D eigenvalue weighted by Crippen LogP contribution is 2.51. The van der Waals surface area contributed by atoms with Crippen LogP contribution in [0.25, 0.3) is 0 Å². The fraction of sp³-hybridized carbons (Fsp3) is 0.476. The molecule has 0 saturated heterocycles. The fourth-order valence-corrected chi connectivity index (χ4v) is 3.78. The van der Waals surface area contributed by atoms with Crippen LogP contribution in [0.2, 0.25) is 0 Å². The topological polar surface area (TPSA) is 94.2 Å².